The number of nitrogens with one attached hydrogen (secondary N) is 3. The summed E-state index contributed by atoms with van der Waals surface area (Å²) >= 11 is 0. The zero-order valence-corrected chi connectivity index (χ0v) is 17.2. The van der Waals surface area contributed by atoms with Crippen LogP contribution in [0.4, 0.5) is 11.4 Å². The number of carbonyl (C=O) groups is 2. The Morgan fingerprint density at radius 1 is 1.13 bits per heavy atom. The minimum atomic E-state index is -3.84. The first-order valence-corrected chi connectivity index (χ1v) is 10.9. The Kier molecular flexibility index (Phi) is 5.49. The second-order valence-corrected chi connectivity index (χ2v) is 8.61. The van der Waals surface area contributed by atoms with E-state index in [0.29, 0.717) is 22.9 Å². The first kappa shape index (κ1) is 20.6. The van der Waals surface area contributed by atoms with Crippen molar-refractivity contribution in [3.8, 4) is 5.75 Å². The maximum atomic E-state index is 12.7. The molecule has 160 valence electrons. The number of furan rings is 1. The van der Waals surface area contributed by atoms with Crippen molar-refractivity contribution in [1.82, 2.24) is 4.72 Å². The Balaban J connectivity index is 1.48. The molecule has 0 saturated heterocycles. The topological polar surface area (TPSA) is 127 Å². The van der Waals surface area contributed by atoms with E-state index in [1.54, 1.807) is 37.3 Å². The van der Waals surface area contributed by atoms with Gasteiger partial charge in [0, 0.05) is 11.3 Å². The van der Waals surface area contributed by atoms with E-state index in [9.17, 15) is 18.0 Å². The Morgan fingerprint density at radius 3 is 2.74 bits per heavy atom. The van der Waals surface area contributed by atoms with Crippen molar-refractivity contribution in [2.75, 3.05) is 10.6 Å². The molecule has 3 N–H and O–H groups in total. The van der Waals surface area contributed by atoms with Crippen molar-refractivity contribution in [2.45, 2.75) is 24.5 Å². The molecule has 0 fully saturated rings. The highest BCUT2D eigenvalue weighted by Gasteiger charge is 2.24. The number of fused-ring (bicyclic) bond motifs is 1. The summed E-state index contributed by atoms with van der Waals surface area (Å²) in [7, 11) is -3.84. The molecule has 3 aromatic rings. The maximum Gasteiger partial charge on any atom is 0.265 e. The van der Waals surface area contributed by atoms with E-state index in [4.69, 9.17) is 9.15 Å². The smallest absolute Gasteiger partial charge is 0.265 e. The molecule has 31 heavy (non-hydrogen) atoms. The van der Waals surface area contributed by atoms with E-state index < -0.39 is 22.0 Å². The molecule has 0 unspecified atom stereocenters. The summed E-state index contributed by atoms with van der Waals surface area (Å²) in [6.45, 7) is 1.63. The number of anilines is 2. The monoisotopic (exact) mass is 441 g/mol. The highest BCUT2D eigenvalue weighted by molar-refractivity contribution is 7.89. The highest BCUT2D eigenvalue weighted by Crippen LogP contribution is 2.32. The van der Waals surface area contributed by atoms with Crippen LogP contribution in [0.5, 0.6) is 5.75 Å². The number of sulfonamides is 1. The molecule has 0 aliphatic carbocycles. The van der Waals surface area contributed by atoms with Gasteiger partial charge in [-0.15, -0.1) is 0 Å². The van der Waals surface area contributed by atoms with Gasteiger partial charge >= 0.3 is 0 Å². The average molecular weight is 441 g/mol. The number of hydrogen-bond donors (Lipinski definition) is 3. The van der Waals surface area contributed by atoms with Gasteiger partial charge in [-0.3, -0.25) is 9.59 Å². The van der Waals surface area contributed by atoms with Crippen molar-refractivity contribution in [2.24, 2.45) is 0 Å². The van der Waals surface area contributed by atoms with Gasteiger partial charge in [0.1, 0.15) is 11.5 Å². The maximum absolute atomic E-state index is 12.7. The summed E-state index contributed by atoms with van der Waals surface area (Å²) in [5.41, 5.74) is 1.03. The van der Waals surface area contributed by atoms with Gasteiger partial charge in [0.2, 0.25) is 10.0 Å². The molecular formula is C21H19N3O6S. The summed E-state index contributed by atoms with van der Waals surface area (Å²) in [6, 6.07) is 13.8. The third kappa shape index (κ3) is 4.60. The number of benzene rings is 2. The summed E-state index contributed by atoms with van der Waals surface area (Å²) in [4.78, 5) is 24.4. The predicted molar refractivity (Wildman–Crippen MR) is 112 cm³/mol. The standard InChI is InChI=1S/C21H19N3O6S/c1-13-20(25)24-18-11-15(7-8-19(18)30-13)23-21(26)14-4-2-6-17(10-14)31(27,28)22-12-16-5-3-9-29-16/h2-11,13,22H,12H2,1H3,(H,23,26)(H,24,25)/t13-/m1/s1. The molecule has 2 aromatic carbocycles. The number of hydrogen-bond acceptors (Lipinski definition) is 6. The van der Waals surface area contributed by atoms with Gasteiger partial charge in [-0.2, -0.15) is 0 Å². The average Bonchev–Trinajstić information content (AvgIpc) is 3.27. The molecule has 1 aliphatic rings. The Bertz CT molecular complexity index is 1240. The van der Waals surface area contributed by atoms with Crippen LogP contribution in [-0.4, -0.2) is 26.3 Å². The summed E-state index contributed by atoms with van der Waals surface area (Å²) in [5.74, 6) is 0.187. The molecule has 1 aliphatic heterocycles. The van der Waals surface area contributed by atoms with Crippen LogP contribution < -0.4 is 20.1 Å². The lowest BCUT2D eigenvalue weighted by Gasteiger charge is -2.23. The molecule has 4 rings (SSSR count). The SMILES string of the molecule is C[C@H]1Oc2ccc(NC(=O)c3cccc(S(=O)(=O)NCc4ccco4)c3)cc2NC1=O. The summed E-state index contributed by atoms with van der Waals surface area (Å²) in [5, 5.41) is 5.40. The second-order valence-electron chi connectivity index (χ2n) is 6.85. The molecular weight excluding hydrogens is 422 g/mol. The molecule has 2 heterocycles. The van der Waals surface area contributed by atoms with Gasteiger partial charge < -0.3 is 19.8 Å². The highest BCUT2D eigenvalue weighted by atomic mass is 32.2. The molecule has 2 amide bonds. The van der Waals surface area contributed by atoms with Crippen LogP contribution in [0, 0.1) is 0 Å². The van der Waals surface area contributed by atoms with Crippen molar-refractivity contribution in [3.05, 3.63) is 72.2 Å². The fraction of sp³-hybridized carbons (Fsp3) is 0.143. The molecule has 10 heteroatoms. The third-order valence-electron chi connectivity index (χ3n) is 4.59. The molecule has 0 radical (unpaired) electrons. The van der Waals surface area contributed by atoms with Gasteiger partial charge in [-0.25, -0.2) is 13.1 Å². The van der Waals surface area contributed by atoms with Gasteiger partial charge in [0.05, 0.1) is 23.4 Å². The van der Waals surface area contributed by atoms with E-state index in [1.807, 2.05) is 0 Å². The van der Waals surface area contributed by atoms with Gasteiger partial charge in [-0.05, 0) is 55.5 Å². The first-order valence-electron chi connectivity index (χ1n) is 9.37. The van der Waals surface area contributed by atoms with Crippen LogP contribution in [0.15, 0.2) is 70.2 Å². The zero-order valence-electron chi connectivity index (χ0n) is 16.4. The molecule has 0 saturated carbocycles. The quantitative estimate of drug-likeness (QED) is 0.540. The third-order valence-corrected chi connectivity index (χ3v) is 5.99. The number of carbonyl (C=O) groups excluding carboxylic acids is 2. The van der Waals surface area contributed by atoms with E-state index in [-0.39, 0.29) is 22.9 Å². The van der Waals surface area contributed by atoms with Crippen molar-refractivity contribution >= 4 is 33.2 Å². The van der Waals surface area contributed by atoms with Crippen LogP contribution in [0.25, 0.3) is 0 Å². The fourth-order valence-electron chi connectivity index (χ4n) is 2.96. The number of ether oxygens (including phenoxy) is 1. The van der Waals surface area contributed by atoms with E-state index in [2.05, 4.69) is 15.4 Å². The van der Waals surface area contributed by atoms with Gasteiger partial charge in [-0.1, -0.05) is 6.07 Å². The van der Waals surface area contributed by atoms with Crippen LogP contribution in [-0.2, 0) is 21.4 Å². The normalized spacial score (nSPS) is 15.5. The van der Waals surface area contributed by atoms with Crippen LogP contribution in [0.2, 0.25) is 0 Å². The first-order chi connectivity index (χ1) is 14.8. The molecule has 0 bridgehead atoms. The molecule has 1 aromatic heterocycles. The van der Waals surface area contributed by atoms with E-state index in [0.717, 1.165) is 0 Å². The Hall–Kier alpha value is -3.63. The lowest BCUT2D eigenvalue weighted by atomic mass is 10.2. The number of rotatable bonds is 6. The van der Waals surface area contributed by atoms with Gasteiger partial charge in [0.25, 0.3) is 11.8 Å². The lowest BCUT2D eigenvalue weighted by Crippen LogP contribution is -2.34. The van der Waals surface area contributed by atoms with Crippen LogP contribution >= 0.6 is 0 Å². The number of amides is 2. The molecule has 1 atom stereocenters. The van der Waals surface area contributed by atoms with Crippen LogP contribution in [0.1, 0.15) is 23.0 Å². The van der Waals surface area contributed by atoms with E-state index >= 15 is 0 Å². The minimum Gasteiger partial charge on any atom is -0.479 e. The van der Waals surface area contributed by atoms with Gasteiger partial charge in [0.15, 0.2) is 6.10 Å². The predicted octanol–water partition coefficient (Wildman–Crippen LogP) is 2.73. The minimum absolute atomic E-state index is 0.00666. The van der Waals surface area contributed by atoms with Crippen molar-refractivity contribution < 1.29 is 27.2 Å². The van der Waals surface area contributed by atoms with E-state index in [1.165, 1.54) is 30.5 Å². The summed E-state index contributed by atoms with van der Waals surface area (Å²) < 4.78 is 38.1. The molecule has 9 nitrogen and oxygen atoms in total. The summed E-state index contributed by atoms with van der Waals surface area (Å²) in [6.07, 6.45) is 0.854. The largest absolute Gasteiger partial charge is 0.479 e. The Labute approximate surface area is 178 Å². The zero-order chi connectivity index (χ0) is 22.0. The lowest BCUT2D eigenvalue weighted by molar-refractivity contribution is -0.122. The van der Waals surface area contributed by atoms with Crippen LogP contribution in [0.3, 0.4) is 0 Å². The second kappa shape index (κ2) is 8.25. The Morgan fingerprint density at radius 2 is 1.97 bits per heavy atom. The molecule has 0 spiro atoms. The van der Waals surface area contributed by atoms with Crippen molar-refractivity contribution in [1.29, 1.82) is 0 Å². The van der Waals surface area contributed by atoms with Crippen molar-refractivity contribution in [3.63, 3.8) is 0 Å². The fourth-order valence-corrected chi connectivity index (χ4v) is 4.00.